The van der Waals surface area contributed by atoms with Gasteiger partial charge in [0, 0.05) is 12.6 Å². The number of ether oxygens (including phenoxy) is 1. The SMILES string of the molecule is CCOC(=O)CC(C)N(C)CC(C)C#N. The first-order valence-corrected chi connectivity index (χ1v) is 5.26. The third-order valence-electron chi connectivity index (χ3n) is 2.30. The van der Waals surface area contributed by atoms with E-state index in [4.69, 9.17) is 10.00 Å². The van der Waals surface area contributed by atoms with Crippen LogP contribution in [0.4, 0.5) is 0 Å². The Morgan fingerprint density at radius 1 is 1.53 bits per heavy atom. The fourth-order valence-corrected chi connectivity index (χ4v) is 1.27. The van der Waals surface area contributed by atoms with E-state index in [9.17, 15) is 4.79 Å². The maximum Gasteiger partial charge on any atom is 0.307 e. The smallest absolute Gasteiger partial charge is 0.307 e. The Kier molecular flexibility index (Phi) is 6.72. The third-order valence-corrected chi connectivity index (χ3v) is 2.30. The lowest BCUT2D eigenvalue weighted by atomic mass is 10.1. The van der Waals surface area contributed by atoms with E-state index >= 15 is 0 Å². The summed E-state index contributed by atoms with van der Waals surface area (Å²) in [7, 11) is 1.91. The monoisotopic (exact) mass is 212 g/mol. The van der Waals surface area contributed by atoms with Gasteiger partial charge in [-0.3, -0.25) is 4.79 Å². The van der Waals surface area contributed by atoms with Crippen LogP contribution in [0.25, 0.3) is 0 Å². The molecule has 0 aromatic carbocycles. The van der Waals surface area contributed by atoms with Crippen molar-refractivity contribution in [3.8, 4) is 6.07 Å². The molecule has 0 aromatic rings. The quantitative estimate of drug-likeness (QED) is 0.625. The number of nitriles is 1. The summed E-state index contributed by atoms with van der Waals surface area (Å²) in [6, 6.07) is 2.28. The van der Waals surface area contributed by atoms with Gasteiger partial charge in [-0.05, 0) is 27.8 Å². The summed E-state index contributed by atoms with van der Waals surface area (Å²) in [5.74, 6) is -0.193. The minimum Gasteiger partial charge on any atom is -0.466 e. The number of hydrogen-bond donors (Lipinski definition) is 0. The molecule has 0 saturated heterocycles. The van der Waals surface area contributed by atoms with Crippen molar-refractivity contribution in [3.63, 3.8) is 0 Å². The molecule has 2 unspecified atom stereocenters. The number of rotatable bonds is 6. The fraction of sp³-hybridized carbons (Fsp3) is 0.818. The van der Waals surface area contributed by atoms with Gasteiger partial charge >= 0.3 is 5.97 Å². The van der Waals surface area contributed by atoms with E-state index in [0.717, 1.165) is 0 Å². The number of carbonyl (C=O) groups is 1. The van der Waals surface area contributed by atoms with Gasteiger partial charge in [0.1, 0.15) is 0 Å². The Balaban J connectivity index is 3.94. The molecule has 0 rings (SSSR count). The minimum absolute atomic E-state index is 0.0142. The molecule has 0 aliphatic rings. The lowest BCUT2D eigenvalue weighted by Crippen LogP contribution is -2.34. The first kappa shape index (κ1) is 13.9. The van der Waals surface area contributed by atoms with E-state index in [-0.39, 0.29) is 17.9 Å². The minimum atomic E-state index is -0.179. The van der Waals surface area contributed by atoms with Crippen LogP contribution in [0.15, 0.2) is 0 Å². The van der Waals surface area contributed by atoms with Crippen molar-refractivity contribution in [2.45, 2.75) is 33.2 Å². The zero-order chi connectivity index (χ0) is 11.8. The van der Waals surface area contributed by atoms with Gasteiger partial charge in [0.2, 0.25) is 0 Å². The molecule has 86 valence electrons. The van der Waals surface area contributed by atoms with Crippen LogP contribution in [-0.4, -0.2) is 37.1 Å². The van der Waals surface area contributed by atoms with Crippen LogP contribution in [0.3, 0.4) is 0 Å². The number of nitrogens with zero attached hydrogens (tertiary/aromatic N) is 2. The summed E-state index contributed by atoms with van der Waals surface area (Å²) < 4.78 is 4.86. The summed E-state index contributed by atoms with van der Waals surface area (Å²) >= 11 is 0. The Labute approximate surface area is 91.8 Å². The Morgan fingerprint density at radius 3 is 2.60 bits per heavy atom. The van der Waals surface area contributed by atoms with Crippen molar-refractivity contribution < 1.29 is 9.53 Å². The van der Waals surface area contributed by atoms with Crippen LogP contribution >= 0.6 is 0 Å². The molecule has 0 spiro atoms. The zero-order valence-electron chi connectivity index (χ0n) is 9.99. The summed E-state index contributed by atoms with van der Waals surface area (Å²) in [6.45, 7) is 6.72. The van der Waals surface area contributed by atoms with Gasteiger partial charge < -0.3 is 9.64 Å². The molecular formula is C11H20N2O2. The second-order valence-corrected chi connectivity index (χ2v) is 3.83. The molecule has 0 saturated carbocycles. The van der Waals surface area contributed by atoms with Crippen molar-refractivity contribution in [1.82, 2.24) is 4.90 Å². The maximum atomic E-state index is 11.2. The van der Waals surface area contributed by atoms with E-state index in [0.29, 0.717) is 19.6 Å². The maximum absolute atomic E-state index is 11.2. The molecule has 0 heterocycles. The summed E-state index contributed by atoms with van der Waals surface area (Å²) in [4.78, 5) is 13.2. The molecule has 0 radical (unpaired) electrons. The highest BCUT2D eigenvalue weighted by Crippen LogP contribution is 2.05. The lowest BCUT2D eigenvalue weighted by molar-refractivity contribution is -0.144. The first-order chi connectivity index (χ1) is 7.01. The van der Waals surface area contributed by atoms with E-state index in [1.54, 1.807) is 6.92 Å². The second kappa shape index (κ2) is 7.24. The van der Waals surface area contributed by atoms with Crippen molar-refractivity contribution in [2.75, 3.05) is 20.2 Å². The third kappa shape index (κ3) is 6.08. The average molecular weight is 212 g/mol. The predicted molar refractivity (Wildman–Crippen MR) is 58.1 cm³/mol. The molecule has 4 heteroatoms. The Morgan fingerprint density at radius 2 is 2.13 bits per heavy atom. The molecule has 15 heavy (non-hydrogen) atoms. The van der Waals surface area contributed by atoms with E-state index < -0.39 is 0 Å². The van der Waals surface area contributed by atoms with Crippen LogP contribution in [0.1, 0.15) is 27.2 Å². The van der Waals surface area contributed by atoms with Crippen molar-refractivity contribution in [1.29, 1.82) is 5.26 Å². The molecule has 0 aromatic heterocycles. The highest BCUT2D eigenvalue weighted by molar-refractivity contribution is 5.69. The highest BCUT2D eigenvalue weighted by Gasteiger charge is 2.16. The standard InChI is InChI=1S/C11H20N2O2/c1-5-15-11(14)6-10(3)13(4)8-9(2)7-12/h9-10H,5-6,8H2,1-4H3. The fourth-order valence-electron chi connectivity index (χ4n) is 1.27. The number of hydrogen-bond acceptors (Lipinski definition) is 4. The van der Waals surface area contributed by atoms with Crippen molar-refractivity contribution >= 4 is 5.97 Å². The van der Waals surface area contributed by atoms with Gasteiger partial charge in [-0.15, -0.1) is 0 Å². The first-order valence-electron chi connectivity index (χ1n) is 5.26. The predicted octanol–water partition coefficient (Wildman–Crippen LogP) is 1.42. The summed E-state index contributed by atoms with van der Waals surface area (Å²) in [6.07, 6.45) is 0.377. The topological polar surface area (TPSA) is 53.3 Å². The number of carbonyl (C=O) groups excluding carboxylic acids is 1. The summed E-state index contributed by atoms with van der Waals surface area (Å²) in [5, 5.41) is 8.66. The molecule has 4 nitrogen and oxygen atoms in total. The Bertz CT molecular complexity index is 235. The average Bonchev–Trinajstić information content (AvgIpc) is 2.17. The molecule has 0 amide bonds. The zero-order valence-corrected chi connectivity index (χ0v) is 9.99. The van der Waals surface area contributed by atoms with Gasteiger partial charge in [-0.2, -0.15) is 5.26 Å². The van der Waals surface area contributed by atoms with Gasteiger partial charge in [0.25, 0.3) is 0 Å². The Hall–Kier alpha value is -1.08. The van der Waals surface area contributed by atoms with E-state index in [1.807, 2.05) is 25.8 Å². The molecule has 0 N–H and O–H groups in total. The highest BCUT2D eigenvalue weighted by atomic mass is 16.5. The molecule has 0 bridgehead atoms. The normalized spacial score (nSPS) is 14.4. The largest absolute Gasteiger partial charge is 0.466 e. The summed E-state index contributed by atoms with van der Waals surface area (Å²) in [5.41, 5.74) is 0. The molecule has 0 aliphatic carbocycles. The van der Waals surface area contributed by atoms with Crippen LogP contribution < -0.4 is 0 Å². The van der Waals surface area contributed by atoms with Gasteiger partial charge in [-0.25, -0.2) is 0 Å². The molecule has 0 fully saturated rings. The van der Waals surface area contributed by atoms with Gasteiger partial charge in [0.15, 0.2) is 0 Å². The van der Waals surface area contributed by atoms with Crippen molar-refractivity contribution in [3.05, 3.63) is 0 Å². The van der Waals surface area contributed by atoms with Crippen LogP contribution in [0.5, 0.6) is 0 Å². The van der Waals surface area contributed by atoms with Crippen LogP contribution in [-0.2, 0) is 9.53 Å². The van der Waals surface area contributed by atoms with E-state index in [2.05, 4.69) is 6.07 Å². The van der Waals surface area contributed by atoms with Crippen LogP contribution in [0.2, 0.25) is 0 Å². The second-order valence-electron chi connectivity index (χ2n) is 3.83. The van der Waals surface area contributed by atoms with E-state index in [1.165, 1.54) is 0 Å². The van der Waals surface area contributed by atoms with Gasteiger partial charge in [0.05, 0.1) is 25.0 Å². The molecular weight excluding hydrogens is 192 g/mol. The van der Waals surface area contributed by atoms with Crippen molar-refractivity contribution in [2.24, 2.45) is 5.92 Å². The van der Waals surface area contributed by atoms with Gasteiger partial charge in [-0.1, -0.05) is 0 Å². The lowest BCUT2D eigenvalue weighted by Gasteiger charge is -2.24. The molecule has 0 aliphatic heterocycles. The molecule has 2 atom stereocenters. The van der Waals surface area contributed by atoms with Crippen LogP contribution in [0, 0.1) is 17.2 Å². The number of esters is 1.